The quantitative estimate of drug-likeness (QED) is 0.443. The maximum atomic E-state index is 13.6. The van der Waals surface area contributed by atoms with Gasteiger partial charge in [0.2, 0.25) is 0 Å². The Labute approximate surface area is 196 Å². The number of aromatic nitrogens is 1. The lowest BCUT2D eigenvalue weighted by atomic mass is 9.86. The number of rotatable bonds is 10. The van der Waals surface area contributed by atoms with Crippen molar-refractivity contribution in [3.63, 3.8) is 0 Å². The molecule has 0 radical (unpaired) electrons. The van der Waals surface area contributed by atoms with Crippen LogP contribution in [0.2, 0.25) is 0 Å². The SMILES string of the molecule is OC(CN(Cc1ccccc1)CC1CCC(OCc2ccccc2)CC1)c1cncc(F)c1. The Morgan fingerprint density at radius 3 is 2.27 bits per heavy atom. The second kappa shape index (κ2) is 12.0. The second-order valence-corrected chi connectivity index (χ2v) is 9.07. The molecule has 33 heavy (non-hydrogen) atoms. The first kappa shape index (κ1) is 23.6. The molecule has 0 amide bonds. The van der Waals surface area contributed by atoms with E-state index in [0.29, 0.717) is 30.7 Å². The number of hydrogen-bond donors (Lipinski definition) is 1. The summed E-state index contributed by atoms with van der Waals surface area (Å²) in [6.45, 7) is 2.78. The van der Waals surface area contributed by atoms with Gasteiger partial charge in [0, 0.05) is 31.4 Å². The number of benzene rings is 2. The highest BCUT2D eigenvalue weighted by molar-refractivity contribution is 5.16. The lowest BCUT2D eigenvalue weighted by molar-refractivity contribution is 0.00103. The molecule has 0 saturated heterocycles. The number of aliphatic hydroxyl groups is 1. The summed E-state index contributed by atoms with van der Waals surface area (Å²) in [6, 6.07) is 22.0. The summed E-state index contributed by atoms with van der Waals surface area (Å²) in [5.41, 5.74) is 2.95. The van der Waals surface area contributed by atoms with E-state index < -0.39 is 11.9 Å². The van der Waals surface area contributed by atoms with E-state index in [4.69, 9.17) is 4.74 Å². The maximum Gasteiger partial charge on any atom is 0.141 e. The summed E-state index contributed by atoms with van der Waals surface area (Å²) in [6.07, 6.45) is 6.60. The van der Waals surface area contributed by atoms with Crippen LogP contribution in [0.5, 0.6) is 0 Å². The Hall–Kier alpha value is -2.60. The minimum atomic E-state index is -0.776. The van der Waals surface area contributed by atoms with Crippen LogP contribution in [0.4, 0.5) is 4.39 Å². The van der Waals surface area contributed by atoms with Crippen molar-refractivity contribution in [2.75, 3.05) is 13.1 Å². The van der Waals surface area contributed by atoms with Crippen LogP contribution in [0.15, 0.2) is 79.1 Å². The van der Waals surface area contributed by atoms with E-state index in [1.54, 1.807) is 6.20 Å². The molecule has 4 nitrogen and oxygen atoms in total. The number of hydrogen-bond acceptors (Lipinski definition) is 4. The number of aliphatic hydroxyl groups excluding tert-OH is 1. The zero-order valence-electron chi connectivity index (χ0n) is 19.0. The van der Waals surface area contributed by atoms with Gasteiger partial charge in [-0.15, -0.1) is 0 Å². The fraction of sp³-hybridized carbons (Fsp3) is 0.393. The van der Waals surface area contributed by atoms with Crippen molar-refractivity contribution in [3.05, 3.63) is 102 Å². The highest BCUT2D eigenvalue weighted by atomic mass is 19.1. The molecule has 1 unspecified atom stereocenters. The number of nitrogens with zero attached hydrogens (tertiary/aromatic N) is 2. The molecule has 1 heterocycles. The third-order valence-corrected chi connectivity index (χ3v) is 6.43. The van der Waals surface area contributed by atoms with Crippen LogP contribution in [0.25, 0.3) is 0 Å². The molecule has 2 aromatic carbocycles. The molecule has 1 N–H and O–H groups in total. The zero-order valence-corrected chi connectivity index (χ0v) is 19.0. The molecular formula is C28H33FN2O2. The predicted octanol–water partition coefficient (Wildman–Crippen LogP) is 5.53. The normalized spacial score (nSPS) is 19.5. The first-order valence-electron chi connectivity index (χ1n) is 11.9. The Balaban J connectivity index is 1.32. The van der Waals surface area contributed by atoms with E-state index in [2.05, 4.69) is 34.1 Å². The van der Waals surface area contributed by atoms with Crippen LogP contribution in [0, 0.1) is 11.7 Å². The summed E-state index contributed by atoms with van der Waals surface area (Å²) in [7, 11) is 0. The van der Waals surface area contributed by atoms with Crippen LogP contribution in [-0.2, 0) is 17.9 Å². The molecule has 0 bridgehead atoms. The van der Waals surface area contributed by atoms with E-state index in [-0.39, 0.29) is 0 Å². The molecule has 5 heteroatoms. The van der Waals surface area contributed by atoms with E-state index in [0.717, 1.165) is 45.0 Å². The van der Waals surface area contributed by atoms with Crippen molar-refractivity contribution in [1.82, 2.24) is 9.88 Å². The summed E-state index contributed by atoms with van der Waals surface area (Å²) in [5, 5.41) is 10.8. The number of ether oxygens (including phenoxy) is 1. The average molecular weight is 449 g/mol. The summed E-state index contributed by atoms with van der Waals surface area (Å²) >= 11 is 0. The molecule has 3 aromatic rings. The van der Waals surface area contributed by atoms with Gasteiger partial charge in [0.05, 0.1) is 25.0 Å². The number of pyridine rings is 1. The largest absolute Gasteiger partial charge is 0.387 e. The Kier molecular flexibility index (Phi) is 8.59. The molecule has 1 aliphatic carbocycles. The lowest BCUT2D eigenvalue weighted by Crippen LogP contribution is -2.35. The third-order valence-electron chi connectivity index (χ3n) is 6.43. The molecule has 1 aromatic heterocycles. The monoisotopic (exact) mass is 448 g/mol. The van der Waals surface area contributed by atoms with Gasteiger partial charge in [0.15, 0.2) is 0 Å². The van der Waals surface area contributed by atoms with E-state index >= 15 is 0 Å². The van der Waals surface area contributed by atoms with Gasteiger partial charge in [0.25, 0.3) is 0 Å². The Bertz CT molecular complexity index is 962. The molecule has 4 rings (SSSR count). The van der Waals surface area contributed by atoms with Gasteiger partial charge in [0.1, 0.15) is 5.82 Å². The van der Waals surface area contributed by atoms with Crippen molar-refractivity contribution in [3.8, 4) is 0 Å². The van der Waals surface area contributed by atoms with Crippen LogP contribution in [0.3, 0.4) is 0 Å². The van der Waals surface area contributed by atoms with Crippen molar-refractivity contribution in [1.29, 1.82) is 0 Å². The van der Waals surface area contributed by atoms with E-state index in [1.165, 1.54) is 17.2 Å². The Morgan fingerprint density at radius 2 is 1.61 bits per heavy atom. The molecule has 174 valence electrons. The maximum absolute atomic E-state index is 13.6. The highest BCUT2D eigenvalue weighted by Gasteiger charge is 2.25. The minimum Gasteiger partial charge on any atom is -0.387 e. The summed E-state index contributed by atoms with van der Waals surface area (Å²) in [5.74, 6) is 0.137. The molecule has 1 aliphatic rings. The standard InChI is InChI=1S/C28H33FN2O2/c29-26-15-25(16-30-17-26)28(32)20-31(18-22-7-3-1-4-8-22)19-23-11-13-27(14-12-23)33-21-24-9-5-2-6-10-24/h1-10,15-17,23,27-28,32H,11-14,18-21H2. The summed E-state index contributed by atoms with van der Waals surface area (Å²) in [4.78, 5) is 6.18. The topological polar surface area (TPSA) is 45.6 Å². The number of halogens is 1. The van der Waals surface area contributed by atoms with Crippen molar-refractivity contribution < 1.29 is 14.2 Å². The van der Waals surface area contributed by atoms with Gasteiger partial charge in [-0.05, 0) is 48.8 Å². The smallest absolute Gasteiger partial charge is 0.141 e. The van der Waals surface area contributed by atoms with Crippen LogP contribution < -0.4 is 0 Å². The van der Waals surface area contributed by atoms with E-state index in [9.17, 15) is 9.50 Å². The van der Waals surface area contributed by atoms with Gasteiger partial charge in [-0.25, -0.2) is 4.39 Å². The van der Waals surface area contributed by atoms with Gasteiger partial charge in [-0.3, -0.25) is 9.88 Å². The van der Waals surface area contributed by atoms with Gasteiger partial charge in [-0.2, -0.15) is 0 Å². The molecule has 0 spiro atoms. The lowest BCUT2D eigenvalue weighted by Gasteiger charge is -2.33. The van der Waals surface area contributed by atoms with E-state index in [1.807, 2.05) is 36.4 Å². The van der Waals surface area contributed by atoms with Crippen molar-refractivity contribution in [2.45, 2.75) is 51.0 Å². The van der Waals surface area contributed by atoms with Crippen molar-refractivity contribution >= 4 is 0 Å². The zero-order chi connectivity index (χ0) is 22.9. The van der Waals surface area contributed by atoms with Crippen molar-refractivity contribution in [2.24, 2.45) is 5.92 Å². The third kappa shape index (κ3) is 7.46. The molecular weight excluding hydrogens is 415 g/mol. The second-order valence-electron chi connectivity index (χ2n) is 9.07. The first-order valence-corrected chi connectivity index (χ1v) is 11.9. The molecule has 1 atom stereocenters. The summed E-state index contributed by atoms with van der Waals surface area (Å²) < 4.78 is 19.7. The molecule has 1 fully saturated rings. The van der Waals surface area contributed by atoms with Crippen LogP contribution in [-0.4, -0.2) is 34.2 Å². The van der Waals surface area contributed by atoms with Crippen LogP contribution >= 0.6 is 0 Å². The van der Waals surface area contributed by atoms with Gasteiger partial charge in [-0.1, -0.05) is 60.7 Å². The molecule has 0 aliphatic heterocycles. The Morgan fingerprint density at radius 1 is 0.939 bits per heavy atom. The highest BCUT2D eigenvalue weighted by Crippen LogP contribution is 2.29. The predicted molar refractivity (Wildman–Crippen MR) is 128 cm³/mol. The fourth-order valence-corrected chi connectivity index (χ4v) is 4.64. The average Bonchev–Trinajstić information content (AvgIpc) is 2.85. The minimum absolute atomic E-state index is 0.313. The first-order chi connectivity index (χ1) is 16.2. The molecule has 1 saturated carbocycles. The fourth-order valence-electron chi connectivity index (χ4n) is 4.64. The van der Waals surface area contributed by atoms with Crippen LogP contribution in [0.1, 0.15) is 48.5 Å². The van der Waals surface area contributed by atoms with Gasteiger partial charge >= 0.3 is 0 Å². The van der Waals surface area contributed by atoms with Gasteiger partial charge < -0.3 is 9.84 Å².